The standard InChI is InChI=1S/C20H18ClNO3/c1-12(2)22-9-16-18(25-11-22)8-7-15-19(23)17(10-24-20(15)16)13-3-5-14(21)6-4-13/h3-8,10,12H,9,11H2,1-2H3. The van der Waals surface area contributed by atoms with E-state index in [1.165, 1.54) is 6.26 Å². The van der Waals surface area contributed by atoms with E-state index in [0.29, 0.717) is 40.9 Å². The van der Waals surface area contributed by atoms with Crippen molar-refractivity contribution in [1.29, 1.82) is 0 Å². The summed E-state index contributed by atoms with van der Waals surface area (Å²) in [5.74, 6) is 0.784. The van der Waals surface area contributed by atoms with Crippen LogP contribution in [0.1, 0.15) is 19.4 Å². The molecule has 0 radical (unpaired) electrons. The topological polar surface area (TPSA) is 42.7 Å². The van der Waals surface area contributed by atoms with E-state index in [1.807, 2.05) is 18.2 Å². The highest BCUT2D eigenvalue weighted by molar-refractivity contribution is 6.30. The van der Waals surface area contributed by atoms with Gasteiger partial charge in [0.25, 0.3) is 0 Å². The van der Waals surface area contributed by atoms with Gasteiger partial charge in [-0.3, -0.25) is 9.69 Å². The highest BCUT2D eigenvalue weighted by atomic mass is 35.5. The van der Waals surface area contributed by atoms with Crippen molar-refractivity contribution in [3.8, 4) is 16.9 Å². The summed E-state index contributed by atoms with van der Waals surface area (Å²) >= 11 is 5.93. The third kappa shape index (κ3) is 2.81. The highest BCUT2D eigenvalue weighted by Crippen LogP contribution is 2.33. The number of hydrogen-bond donors (Lipinski definition) is 0. The van der Waals surface area contributed by atoms with Gasteiger partial charge in [-0.15, -0.1) is 0 Å². The molecule has 2 heterocycles. The Morgan fingerprint density at radius 2 is 1.88 bits per heavy atom. The Morgan fingerprint density at radius 3 is 2.60 bits per heavy atom. The Balaban J connectivity index is 1.86. The third-order valence-electron chi connectivity index (χ3n) is 4.63. The van der Waals surface area contributed by atoms with Crippen molar-refractivity contribution in [2.45, 2.75) is 26.4 Å². The molecule has 2 aromatic carbocycles. The minimum atomic E-state index is -0.0481. The van der Waals surface area contributed by atoms with Crippen LogP contribution in [0.3, 0.4) is 0 Å². The molecule has 1 aromatic heterocycles. The van der Waals surface area contributed by atoms with Crippen LogP contribution < -0.4 is 10.2 Å². The molecule has 4 nitrogen and oxygen atoms in total. The first-order valence-corrected chi connectivity index (χ1v) is 8.62. The summed E-state index contributed by atoms with van der Waals surface area (Å²) in [6.45, 7) is 5.49. The molecule has 0 N–H and O–H groups in total. The van der Waals surface area contributed by atoms with Gasteiger partial charge in [-0.1, -0.05) is 23.7 Å². The number of fused-ring (bicyclic) bond motifs is 3. The Kier molecular flexibility index (Phi) is 4.02. The lowest BCUT2D eigenvalue weighted by Crippen LogP contribution is -2.37. The van der Waals surface area contributed by atoms with Gasteiger partial charge in [-0.05, 0) is 43.7 Å². The van der Waals surface area contributed by atoms with Crippen molar-refractivity contribution in [3.63, 3.8) is 0 Å². The number of halogens is 1. The number of hydrogen-bond acceptors (Lipinski definition) is 4. The van der Waals surface area contributed by atoms with Crippen LogP contribution in [0.15, 0.2) is 51.9 Å². The molecule has 25 heavy (non-hydrogen) atoms. The number of nitrogens with zero attached hydrogens (tertiary/aromatic N) is 1. The zero-order valence-electron chi connectivity index (χ0n) is 14.1. The molecule has 0 aliphatic carbocycles. The quantitative estimate of drug-likeness (QED) is 0.669. The summed E-state index contributed by atoms with van der Waals surface area (Å²) in [5, 5.41) is 1.20. The molecule has 5 heteroatoms. The minimum Gasteiger partial charge on any atom is -0.478 e. The molecule has 1 aliphatic rings. The highest BCUT2D eigenvalue weighted by Gasteiger charge is 2.24. The molecule has 0 spiro atoms. The summed E-state index contributed by atoms with van der Waals surface area (Å²) in [4.78, 5) is 15.2. The fourth-order valence-electron chi connectivity index (χ4n) is 3.09. The Bertz CT molecular complexity index is 992. The second-order valence-corrected chi connectivity index (χ2v) is 6.95. The fourth-order valence-corrected chi connectivity index (χ4v) is 3.21. The third-order valence-corrected chi connectivity index (χ3v) is 4.89. The normalized spacial score (nSPS) is 14.6. The first kappa shape index (κ1) is 16.2. The Labute approximate surface area is 150 Å². The second-order valence-electron chi connectivity index (χ2n) is 6.52. The van der Waals surface area contributed by atoms with Crippen LogP contribution in [0.5, 0.6) is 5.75 Å². The van der Waals surface area contributed by atoms with E-state index >= 15 is 0 Å². The SMILES string of the molecule is CC(C)N1COc2ccc3c(=O)c(-c4ccc(Cl)cc4)coc3c2C1. The number of ether oxygens (including phenoxy) is 1. The molecule has 0 bridgehead atoms. The van der Waals surface area contributed by atoms with E-state index in [0.717, 1.165) is 16.9 Å². The van der Waals surface area contributed by atoms with Crippen LogP contribution in [0.4, 0.5) is 0 Å². The lowest BCUT2D eigenvalue weighted by atomic mass is 10.0. The minimum absolute atomic E-state index is 0.0481. The maximum atomic E-state index is 13.0. The van der Waals surface area contributed by atoms with Gasteiger partial charge >= 0.3 is 0 Å². The maximum absolute atomic E-state index is 13.0. The second kappa shape index (κ2) is 6.21. The zero-order valence-corrected chi connectivity index (χ0v) is 14.8. The van der Waals surface area contributed by atoms with E-state index in [9.17, 15) is 4.79 Å². The molecule has 128 valence electrons. The molecule has 0 unspecified atom stereocenters. The van der Waals surface area contributed by atoms with E-state index in [2.05, 4.69) is 18.7 Å². The van der Waals surface area contributed by atoms with E-state index < -0.39 is 0 Å². The molecule has 0 saturated carbocycles. The van der Waals surface area contributed by atoms with Gasteiger partial charge in [0.1, 0.15) is 24.3 Å². The predicted molar refractivity (Wildman–Crippen MR) is 99.1 cm³/mol. The van der Waals surface area contributed by atoms with Crippen LogP contribution in [0.25, 0.3) is 22.1 Å². The smallest absolute Gasteiger partial charge is 0.200 e. The van der Waals surface area contributed by atoms with Crippen molar-refractivity contribution in [1.82, 2.24) is 4.90 Å². The van der Waals surface area contributed by atoms with Gasteiger partial charge < -0.3 is 9.15 Å². The molecule has 0 fully saturated rings. The molecule has 3 aromatic rings. The van der Waals surface area contributed by atoms with Crippen molar-refractivity contribution >= 4 is 22.6 Å². The Morgan fingerprint density at radius 1 is 1.12 bits per heavy atom. The van der Waals surface area contributed by atoms with Crippen molar-refractivity contribution in [3.05, 3.63) is 63.5 Å². The fraction of sp³-hybridized carbons (Fsp3) is 0.250. The molecule has 0 atom stereocenters. The lowest BCUT2D eigenvalue weighted by Gasteiger charge is -2.31. The largest absolute Gasteiger partial charge is 0.478 e. The summed E-state index contributed by atoms with van der Waals surface area (Å²) in [6.07, 6.45) is 1.53. The summed E-state index contributed by atoms with van der Waals surface area (Å²) in [7, 11) is 0. The predicted octanol–water partition coefficient (Wildman–Crippen LogP) is 4.67. The van der Waals surface area contributed by atoms with Crippen molar-refractivity contribution < 1.29 is 9.15 Å². The van der Waals surface area contributed by atoms with Gasteiger partial charge in [0.15, 0.2) is 0 Å². The average molecular weight is 356 g/mol. The summed E-state index contributed by atoms with van der Waals surface area (Å²) in [5.41, 5.74) is 2.80. The zero-order chi connectivity index (χ0) is 17.6. The molecular weight excluding hydrogens is 338 g/mol. The lowest BCUT2D eigenvalue weighted by molar-refractivity contribution is 0.0689. The molecular formula is C20H18ClNO3. The molecule has 4 rings (SSSR count). The number of rotatable bonds is 2. The maximum Gasteiger partial charge on any atom is 0.200 e. The Hall–Kier alpha value is -2.30. The van der Waals surface area contributed by atoms with Crippen molar-refractivity contribution in [2.75, 3.05) is 6.73 Å². The van der Waals surface area contributed by atoms with E-state index in [4.69, 9.17) is 20.8 Å². The average Bonchev–Trinajstić information content (AvgIpc) is 2.62. The molecule has 0 amide bonds. The van der Waals surface area contributed by atoms with Crippen LogP contribution in [0, 0.1) is 0 Å². The van der Waals surface area contributed by atoms with Crippen LogP contribution in [-0.4, -0.2) is 17.7 Å². The molecule has 0 saturated heterocycles. The monoisotopic (exact) mass is 355 g/mol. The van der Waals surface area contributed by atoms with Gasteiger partial charge in [-0.25, -0.2) is 0 Å². The van der Waals surface area contributed by atoms with Crippen LogP contribution in [-0.2, 0) is 6.54 Å². The van der Waals surface area contributed by atoms with Crippen LogP contribution >= 0.6 is 11.6 Å². The van der Waals surface area contributed by atoms with Gasteiger partial charge in [0, 0.05) is 17.6 Å². The first-order chi connectivity index (χ1) is 12.0. The molecule has 1 aliphatic heterocycles. The van der Waals surface area contributed by atoms with Crippen LogP contribution in [0.2, 0.25) is 5.02 Å². The van der Waals surface area contributed by atoms with E-state index in [1.54, 1.807) is 18.2 Å². The summed E-state index contributed by atoms with van der Waals surface area (Å²) in [6, 6.07) is 11.2. The van der Waals surface area contributed by atoms with Crippen molar-refractivity contribution in [2.24, 2.45) is 0 Å². The van der Waals surface area contributed by atoms with E-state index in [-0.39, 0.29) is 5.43 Å². The number of benzene rings is 2. The van der Waals surface area contributed by atoms with Gasteiger partial charge in [0.05, 0.1) is 16.5 Å². The first-order valence-electron chi connectivity index (χ1n) is 8.25. The van der Waals surface area contributed by atoms with Gasteiger partial charge in [-0.2, -0.15) is 0 Å². The van der Waals surface area contributed by atoms with Gasteiger partial charge in [0.2, 0.25) is 5.43 Å². The summed E-state index contributed by atoms with van der Waals surface area (Å²) < 4.78 is 11.7.